The number of isothiocyanates is 1. The number of nitrogens with one attached hydrogen (secondary N) is 2. The van der Waals surface area contributed by atoms with Gasteiger partial charge in [-0.25, -0.2) is 23.2 Å². The van der Waals surface area contributed by atoms with Crippen molar-refractivity contribution < 1.29 is 32.4 Å². The molecule has 0 aromatic rings. The van der Waals surface area contributed by atoms with E-state index in [1.54, 1.807) is 6.92 Å². The second-order valence-electron chi connectivity index (χ2n) is 20.6. The van der Waals surface area contributed by atoms with Crippen LogP contribution in [-0.2, 0) is 33.0 Å². The normalized spacial score (nSPS) is 9.92. The van der Waals surface area contributed by atoms with Crippen LogP contribution in [0.2, 0.25) is 0 Å². The van der Waals surface area contributed by atoms with Gasteiger partial charge in [0.05, 0.1) is 21.5 Å². The van der Waals surface area contributed by atoms with Crippen LogP contribution in [0.1, 0.15) is 245 Å². The van der Waals surface area contributed by atoms with Crippen molar-refractivity contribution in [1.29, 1.82) is 0 Å². The summed E-state index contributed by atoms with van der Waals surface area (Å²) >= 11 is 4.38. The minimum Gasteiger partial charge on any atom is -0.352 e. The fraction of sp³-hybridized carbons (Fsp3) is 0.878. The Morgan fingerprint density at radius 1 is 0.635 bits per heavy atom. The zero-order valence-electron chi connectivity index (χ0n) is 40.8. The van der Waals surface area contributed by atoms with Gasteiger partial charge in [0, 0.05) is 45.9 Å². The van der Waals surface area contributed by atoms with E-state index < -0.39 is 14.3 Å². The molecule has 0 rings (SSSR count). The zero-order chi connectivity index (χ0) is 48.0. The Balaban J connectivity index is -0.0000000318. The SMILES string of the molecule is C.C.C.C.C.C.C.CC(=O)C(C)(C)C.CC(=O)NC(C)(C)C.CC(C)(C)C.CC(C)(C)C=O.CC(C)(C)N=C=O.CC(C)(C)N=C=S.CC(C)S(=O)(=O)Cl.CCC(=O)NC(C)(C)C. The molecule has 63 heavy (non-hydrogen) atoms. The largest absolute Gasteiger partial charge is 0.352 e. The summed E-state index contributed by atoms with van der Waals surface area (Å²) in [6.45, 7) is 51.4. The maximum Gasteiger partial charge on any atom is 0.235 e. The highest BCUT2D eigenvalue weighted by molar-refractivity contribution is 8.14. The van der Waals surface area contributed by atoms with Gasteiger partial charge in [0.15, 0.2) is 0 Å². The molecule has 0 aliphatic heterocycles. The van der Waals surface area contributed by atoms with Crippen LogP contribution in [0.3, 0.4) is 0 Å². The molecular formula is C49H115ClN4O7S2. The number of halogens is 1. The molecule has 0 unspecified atom stereocenters. The Bertz CT molecular complexity index is 1220. The Morgan fingerprint density at radius 2 is 0.857 bits per heavy atom. The summed E-state index contributed by atoms with van der Waals surface area (Å²) in [5, 5.41) is 7.43. The minimum absolute atomic E-state index is 0. The quantitative estimate of drug-likeness (QED) is 0.0906. The summed E-state index contributed by atoms with van der Waals surface area (Å²) in [6.07, 6.45) is 2.99. The third kappa shape index (κ3) is 186. The van der Waals surface area contributed by atoms with Gasteiger partial charge in [-0.3, -0.25) is 14.4 Å². The molecule has 2 amide bonds. The lowest BCUT2D eigenvalue weighted by Crippen LogP contribution is -2.40. The molecule has 14 heteroatoms. The molecule has 0 saturated carbocycles. The number of aldehydes is 1. The van der Waals surface area contributed by atoms with Gasteiger partial charge in [0.25, 0.3) is 0 Å². The highest BCUT2D eigenvalue weighted by Crippen LogP contribution is 2.12. The predicted octanol–water partition coefficient (Wildman–Crippen LogP) is 15.6. The molecule has 0 bridgehead atoms. The van der Waals surface area contributed by atoms with Gasteiger partial charge < -0.3 is 15.4 Å². The van der Waals surface area contributed by atoms with Crippen molar-refractivity contribution in [1.82, 2.24) is 10.6 Å². The third-order valence-corrected chi connectivity index (χ3v) is 6.41. The van der Waals surface area contributed by atoms with E-state index in [1.165, 1.54) is 26.9 Å². The van der Waals surface area contributed by atoms with E-state index in [2.05, 4.69) is 65.7 Å². The number of hydrogen-bond donors (Lipinski definition) is 2. The van der Waals surface area contributed by atoms with E-state index in [0.717, 1.165) is 6.29 Å². The zero-order valence-corrected chi connectivity index (χ0v) is 43.2. The fourth-order valence-electron chi connectivity index (χ4n) is 1.31. The number of Topliss-reactive ketones (excluding diaryl/α,β-unsaturated/α-hetero) is 1. The van der Waals surface area contributed by atoms with E-state index in [9.17, 15) is 32.4 Å². The van der Waals surface area contributed by atoms with E-state index >= 15 is 0 Å². The van der Waals surface area contributed by atoms with Gasteiger partial charge >= 0.3 is 0 Å². The van der Waals surface area contributed by atoms with Crippen molar-refractivity contribution in [3.8, 4) is 0 Å². The summed E-state index contributed by atoms with van der Waals surface area (Å²) in [7, 11) is 1.57. The van der Waals surface area contributed by atoms with Gasteiger partial charge in [0.2, 0.25) is 26.9 Å². The summed E-state index contributed by atoms with van der Waals surface area (Å²) < 4.78 is 20.2. The van der Waals surface area contributed by atoms with E-state index in [0.29, 0.717) is 11.8 Å². The van der Waals surface area contributed by atoms with Crippen LogP contribution in [0.25, 0.3) is 0 Å². The topological polar surface area (TPSA) is 168 Å². The lowest BCUT2D eigenvalue weighted by Gasteiger charge is -2.19. The van der Waals surface area contributed by atoms with Crippen molar-refractivity contribution >= 4 is 67.1 Å². The number of carbonyl (C=O) groups excluding carboxylic acids is 5. The molecule has 0 aliphatic carbocycles. The average molecular weight is 972 g/mol. The van der Waals surface area contributed by atoms with Crippen molar-refractivity contribution in [2.45, 2.75) is 273 Å². The van der Waals surface area contributed by atoms with Crippen LogP contribution in [-0.4, -0.2) is 70.9 Å². The summed E-state index contributed by atoms with van der Waals surface area (Å²) in [5.74, 6) is 0.382. The number of isocyanates is 1. The predicted molar refractivity (Wildman–Crippen MR) is 292 cm³/mol. The molecule has 0 radical (unpaired) electrons. The first-order valence-corrected chi connectivity index (χ1v) is 21.4. The van der Waals surface area contributed by atoms with Gasteiger partial charge in [-0.1, -0.05) is 128 Å². The first-order valence-electron chi connectivity index (χ1n) is 18.6. The lowest BCUT2D eigenvalue weighted by atomic mass is 9.92. The molecular weight excluding hydrogens is 856 g/mol. The number of amides is 2. The van der Waals surface area contributed by atoms with E-state index in [-0.39, 0.29) is 103 Å². The number of hydrogen-bond acceptors (Lipinski definition) is 10. The first kappa shape index (κ1) is 104. The molecule has 0 aromatic heterocycles. The minimum atomic E-state index is -3.27. The molecule has 0 atom stereocenters. The standard InChI is InChI=1S/C7H15NO.C6H13NO.C6H12O.C5H9NO.C5H9NS.C5H10O.C5H12.C3H7ClO2S.7CH4/c1-5-6(9)8-7(2,3)4;1-5(8)7-6(2,3)4;1-5(7)6(2,3)4;2*1-5(2,3)6-4-7;1-5(2,3)4-6;1-5(2,3)4;1-3(2)7(4,5)6;;;;;;;/h5H2,1-4H3,(H,8,9);1-4H3,(H,7,8);1-4H3;2*1-3H3;4H,1-3H3;1-4H3;3H,1-2H3;7*1H4. The van der Waals surface area contributed by atoms with Crippen molar-refractivity contribution in [3.05, 3.63) is 0 Å². The third-order valence-electron chi connectivity index (χ3n) is 4.12. The molecule has 0 heterocycles. The molecule has 0 aliphatic rings. The molecule has 392 valence electrons. The number of ketones is 1. The van der Waals surface area contributed by atoms with Crippen LogP contribution in [0, 0.1) is 16.2 Å². The number of carbonyl (C=O) groups is 4. The first-order chi connectivity index (χ1) is 23.9. The van der Waals surface area contributed by atoms with Crippen LogP contribution in [0.15, 0.2) is 9.98 Å². The molecule has 0 aromatic carbocycles. The van der Waals surface area contributed by atoms with Crippen LogP contribution >= 0.6 is 22.9 Å². The van der Waals surface area contributed by atoms with Crippen molar-refractivity contribution in [3.63, 3.8) is 0 Å². The van der Waals surface area contributed by atoms with E-state index in [1.807, 2.05) is 132 Å². The van der Waals surface area contributed by atoms with Crippen LogP contribution < -0.4 is 10.6 Å². The number of thiocarbonyl (C=S) groups is 1. The van der Waals surface area contributed by atoms with Crippen LogP contribution in [0.5, 0.6) is 0 Å². The number of aliphatic imine (C=N–C) groups is 2. The smallest absolute Gasteiger partial charge is 0.235 e. The molecule has 2 N–H and O–H groups in total. The molecule has 11 nitrogen and oxygen atoms in total. The van der Waals surface area contributed by atoms with Gasteiger partial charge in [-0.15, -0.1) is 0 Å². The van der Waals surface area contributed by atoms with Gasteiger partial charge in [-0.2, -0.15) is 0 Å². The Hall–Kier alpha value is -2.30. The Labute approximate surface area is 407 Å². The van der Waals surface area contributed by atoms with Crippen molar-refractivity contribution in [2.75, 3.05) is 0 Å². The maximum absolute atomic E-state index is 10.7. The second kappa shape index (κ2) is 47.7. The summed E-state index contributed by atoms with van der Waals surface area (Å²) in [6, 6.07) is 0. The summed E-state index contributed by atoms with van der Waals surface area (Å²) in [4.78, 5) is 58.2. The van der Waals surface area contributed by atoms with Gasteiger partial charge in [-0.05, 0) is 121 Å². The molecule has 0 saturated heterocycles. The maximum atomic E-state index is 10.7. The number of rotatable bonds is 2. The lowest BCUT2D eigenvalue weighted by molar-refractivity contribution is -0.124. The molecule has 0 spiro atoms. The average Bonchev–Trinajstić information content (AvgIpc) is 2.84. The highest BCUT2D eigenvalue weighted by atomic mass is 35.7. The monoisotopic (exact) mass is 971 g/mol. The summed E-state index contributed by atoms with van der Waals surface area (Å²) in [5.41, 5.74) is -0.220. The van der Waals surface area contributed by atoms with Gasteiger partial charge in [0.1, 0.15) is 12.1 Å². The Morgan fingerprint density at radius 3 is 0.873 bits per heavy atom. The highest BCUT2D eigenvalue weighted by Gasteiger charge is 2.15. The van der Waals surface area contributed by atoms with E-state index in [4.69, 9.17) is 10.7 Å². The fourth-order valence-corrected chi connectivity index (χ4v) is 1.58. The van der Waals surface area contributed by atoms with Crippen molar-refractivity contribution in [2.24, 2.45) is 26.2 Å². The Kier molecular flexibility index (Phi) is 78.4. The van der Waals surface area contributed by atoms with Crippen LogP contribution in [0.4, 0.5) is 0 Å². The second-order valence-corrected chi connectivity index (χ2v) is 24.0. The number of nitrogens with zero attached hydrogens (tertiary/aromatic N) is 2. The molecule has 0 fully saturated rings.